The zero-order valence-corrected chi connectivity index (χ0v) is 20.1. The van der Waals surface area contributed by atoms with Crippen molar-refractivity contribution in [1.82, 2.24) is 4.98 Å². The van der Waals surface area contributed by atoms with Crippen molar-refractivity contribution in [1.29, 1.82) is 0 Å². The maximum absolute atomic E-state index is 11.0. The summed E-state index contributed by atoms with van der Waals surface area (Å²) in [6.07, 6.45) is 3.38. The number of hydrogen-bond donors (Lipinski definition) is 0. The number of non-ortho nitro benzene ring substituents is 1. The summed E-state index contributed by atoms with van der Waals surface area (Å²) in [5.41, 5.74) is 5.70. The van der Waals surface area contributed by atoms with Crippen molar-refractivity contribution in [2.45, 2.75) is 18.9 Å². The van der Waals surface area contributed by atoms with Gasteiger partial charge in [0.15, 0.2) is 0 Å². The van der Waals surface area contributed by atoms with Crippen LogP contribution in [0.4, 0.5) is 11.7 Å². The van der Waals surface area contributed by atoms with Crippen LogP contribution >= 0.6 is 11.6 Å². The molecule has 0 fully saturated rings. The lowest BCUT2D eigenvalue weighted by Crippen LogP contribution is -2.29. The molecule has 9 heteroatoms. The molecule has 6 rings (SSSR count). The van der Waals surface area contributed by atoms with Crippen molar-refractivity contribution in [2.75, 3.05) is 12.1 Å². The molecule has 0 N–H and O–H groups in total. The fraction of sp³-hybridized carbons (Fsp3) is 0.185. The van der Waals surface area contributed by atoms with Gasteiger partial charge in [-0.2, -0.15) is 10.1 Å². The second-order valence-electron chi connectivity index (χ2n) is 8.81. The van der Waals surface area contributed by atoms with Gasteiger partial charge in [0.25, 0.3) is 5.69 Å². The Hall–Kier alpha value is -4.17. The second-order valence-corrected chi connectivity index (χ2v) is 9.25. The molecular weight excluding hydrogens is 480 g/mol. The average molecular weight is 501 g/mol. The van der Waals surface area contributed by atoms with Gasteiger partial charge in [-0.1, -0.05) is 23.7 Å². The number of ether oxygens (including phenoxy) is 1. The van der Waals surface area contributed by atoms with Crippen molar-refractivity contribution >= 4 is 29.0 Å². The summed E-state index contributed by atoms with van der Waals surface area (Å²) in [7, 11) is 1.67. The first-order valence-electron chi connectivity index (χ1n) is 11.5. The van der Waals surface area contributed by atoms with Crippen molar-refractivity contribution in [3.05, 3.63) is 105 Å². The van der Waals surface area contributed by atoms with Gasteiger partial charge < -0.3 is 9.15 Å². The van der Waals surface area contributed by atoms with Crippen molar-refractivity contribution in [2.24, 2.45) is 11.0 Å². The van der Waals surface area contributed by atoms with E-state index in [1.54, 1.807) is 25.5 Å². The first-order chi connectivity index (χ1) is 17.5. The van der Waals surface area contributed by atoms with Crippen LogP contribution < -0.4 is 9.75 Å². The Morgan fingerprint density at radius 3 is 2.61 bits per heavy atom. The highest BCUT2D eigenvalue weighted by Crippen LogP contribution is 2.46. The van der Waals surface area contributed by atoms with Crippen LogP contribution in [0.3, 0.4) is 0 Å². The maximum atomic E-state index is 11.0. The molecule has 8 nitrogen and oxygen atoms in total. The lowest BCUT2D eigenvalue weighted by Gasteiger charge is -2.29. The lowest BCUT2D eigenvalue weighted by molar-refractivity contribution is -0.384. The predicted octanol–water partition coefficient (Wildman–Crippen LogP) is 6.44. The standard InChI is InChI=1S/C27H21ClN4O4/c1-35-21-11-13-22-18(14-21)6-12-23-25(22)30-31(26(23)17-2-7-19(28)8-3-17)27-29-24(15-36-27)16-4-9-20(10-5-16)32(33)34/h2-5,7-11,13-15,23,26H,6,12H2,1H3/t23-,26+/m0/s1. The number of fused-ring (bicyclic) bond motifs is 3. The Labute approximate surface area is 211 Å². The Morgan fingerprint density at radius 2 is 1.89 bits per heavy atom. The van der Waals surface area contributed by atoms with E-state index in [1.807, 2.05) is 35.3 Å². The van der Waals surface area contributed by atoms with Gasteiger partial charge >= 0.3 is 6.01 Å². The summed E-state index contributed by atoms with van der Waals surface area (Å²) >= 11 is 6.18. The monoisotopic (exact) mass is 500 g/mol. The highest BCUT2D eigenvalue weighted by molar-refractivity contribution is 6.30. The number of hydrogen-bond acceptors (Lipinski definition) is 7. The molecule has 0 spiro atoms. The topological polar surface area (TPSA) is 94.0 Å². The van der Waals surface area contributed by atoms with E-state index in [0.717, 1.165) is 41.0 Å². The van der Waals surface area contributed by atoms with Crippen molar-refractivity contribution in [3.63, 3.8) is 0 Å². The minimum Gasteiger partial charge on any atom is -0.497 e. The van der Waals surface area contributed by atoms with E-state index in [-0.39, 0.29) is 17.6 Å². The minimum atomic E-state index is -0.426. The molecule has 1 aliphatic heterocycles. The van der Waals surface area contributed by atoms with E-state index < -0.39 is 4.92 Å². The normalized spacial score (nSPS) is 18.4. The molecule has 3 aromatic carbocycles. The number of benzene rings is 3. The summed E-state index contributed by atoms with van der Waals surface area (Å²) < 4.78 is 11.3. The number of nitro groups is 1. The van der Waals surface area contributed by atoms with Gasteiger partial charge in [-0.05, 0) is 66.4 Å². The van der Waals surface area contributed by atoms with Crippen LogP contribution in [-0.4, -0.2) is 22.7 Å². The van der Waals surface area contributed by atoms with E-state index >= 15 is 0 Å². The number of hydrazone groups is 1. The fourth-order valence-corrected chi connectivity index (χ4v) is 5.16. The lowest BCUT2D eigenvalue weighted by atomic mass is 9.77. The molecule has 0 saturated carbocycles. The molecule has 0 radical (unpaired) electrons. The molecule has 1 aliphatic carbocycles. The Kier molecular flexibility index (Phi) is 5.45. The number of oxazole rings is 1. The molecule has 0 saturated heterocycles. The number of rotatable bonds is 5. The van der Waals surface area contributed by atoms with E-state index in [1.165, 1.54) is 17.7 Å². The van der Waals surface area contributed by atoms with Gasteiger partial charge in [0.1, 0.15) is 17.7 Å². The van der Waals surface area contributed by atoms with E-state index in [4.69, 9.17) is 30.8 Å². The third kappa shape index (κ3) is 3.79. The zero-order chi connectivity index (χ0) is 24.8. The molecule has 1 aromatic heterocycles. The van der Waals surface area contributed by atoms with Gasteiger partial charge in [0.05, 0.1) is 23.8 Å². The molecule has 2 heterocycles. The first-order valence-corrected chi connectivity index (χ1v) is 11.9. The third-order valence-electron chi connectivity index (χ3n) is 6.80. The summed E-state index contributed by atoms with van der Waals surface area (Å²) in [4.78, 5) is 15.3. The molecule has 0 unspecified atom stereocenters. The highest BCUT2D eigenvalue weighted by atomic mass is 35.5. The summed E-state index contributed by atoms with van der Waals surface area (Å²) in [5, 5.41) is 18.5. The second kappa shape index (κ2) is 8.80. The van der Waals surface area contributed by atoms with Gasteiger partial charge in [-0.25, -0.2) is 5.01 Å². The molecule has 36 heavy (non-hydrogen) atoms. The number of anilines is 1. The first kappa shape index (κ1) is 22.3. The molecular formula is C27H21ClN4O4. The van der Waals surface area contributed by atoms with Crippen molar-refractivity contribution < 1.29 is 14.1 Å². The van der Waals surface area contributed by atoms with E-state index in [0.29, 0.717) is 16.7 Å². The number of halogens is 1. The molecule has 4 aromatic rings. The fourth-order valence-electron chi connectivity index (χ4n) is 5.04. The largest absolute Gasteiger partial charge is 0.497 e. The van der Waals surface area contributed by atoms with Gasteiger partial charge in [-0.15, -0.1) is 0 Å². The summed E-state index contributed by atoms with van der Waals surface area (Å²) in [5.74, 6) is 0.971. The summed E-state index contributed by atoms with van der Waals surface area (Å²) in [6.45, 7) is 0. The van der Waals surface area contributed by atoms with Gasteiger partial charge in [0, 0.05) is 34.2 Å². The average Bonchev–Trinajstić information content (AvgIpc) is 3.54. The predicted molar refractivity (Wildman–Crippen MR) is 137 cm³/mol. The Morgan fingerprint density at radius 1 is 1.11 bits per heavy atom. The molecule has 2 atom stereocenters. The number of aromatic nitrogens is 1. The number of nitrogens with zero attached hydrogens (tertiary/aromatic N) is 4. The van der Waals surface area contributed by atoms with Crippen LogP contribution in [0.2, 0.25) is 5.02 Å². The Balaban J connectivity index is 1.41. The third-order valence-corrected chi connectivity index (χ3v) is 7.05. The van der Waals surface area contributed by atoms with Crippen molar-refractivity contribution in [3.8, 4) is 17.0 Å². The van der Waals surface area contributed by atoms with Crippen LogP contribution in [0.25, 0.3) is 11.3 Å². The molecule has 0 amide bonds. The molecule has 2 aliphatic rings. The highest BCUT2D eigenvalue weighted by Gasteiger charge is 2.43. The Bertz CT molecular complexity index is 1480. The van der Waals surface area contributed by atoms with Crippen LogP contribution in [0, 0.1) is 16.0 Å². The maximum Gasteiger partial charge on any atom is 0.319 e. The van der Waals surface area contributed by atoms with E-state index in [2.05, 4.69) is 12.1 Å². The number of aryl methyl sites for hydroxylation is 1. The van der Waals surface area contributed by atoms with Crippen LogP contribution in [0.15, 0.2) is 82.5 Å². The zero-order valence-electron chi connectivity index (χ0n) is 19.3. The smallest absolute Gasteiger partial charge is 0.319 e. The van der Waals surface area contributed by atoms with Gasteiger partial charge in [0.2, 0.25) is 0 Å². The van der Waals surface area contributed by atoms with Crippen LogP contribution in [-0.2, 0) is 6.42 Å². The van der Waals surface area contributed by atoms with Crippen LogP contribution in [0.1, 0.15) is 29.2 Å². The SMILES string of the molecule is COc1ccc2c(c1)CC[C@H]1C2=NN(c2nc(-c3ccc([N+](=O)[O-])cc3)co2)[C@@H]1c1ccc(Cl)cc1. The molecule has 0 bridgehead atoms. The number of methoxy groups -OCH3 is 1. The summed E-state index contributed by atoms with van der Waals surface area (Å²) in [6, 6.07) is 20.4. The minimum absolute atomic E-state index is 0.0237. The quantitative estimate of drug-likeness (QED) is 0.231. The van der Waals surface area contributed by atoms with Crippen LogP contribution in [0.5, 0.6) is 5.75 Å². The van der Waals surface area contributed by atoms with Gasteiger partial charge in [-0.3, -0.25) is 10.1 Å². The number of nitro benzene ring substituents is 1. The van der Waals surface area contributed by atoms with E-state index in [9.17, 15) is 10.1 Å². The molecule has 180 valence electrons.